The van der Waals surface area contributed by atoms with Crippen molar-refractivity contribution < 1.29 is 14.1 Å². The number of benzene rings is 1. The largest absolute Gasteiger partial charge is 0.487 e. The van der Waals surface area contributed by atoms with E-state index in [9.17, 15) is 4.79 Å². The van der Waals surface area contributed by atoms with E-state index in [4.69, 9.17) is 10.5 Å². The number of pyridine rings is 1. The maximum atomic E-state index is 11.1. The summed E-state index contributed by atoms with van der Waals surface area (Å²) in [4.78, 5) is 11.1. The summed E-state index contributed by atoms with van der Waals surface area (Å²) in [6.45, 7) is 3.23. The number of primary amides is 1. The van der Waals surface area contributed by atoms with Crippen LogP contribution in [0.25, 0.3) is 0 Å². The molecule has 0 radical (unpaired) electrons. The Balaban J connectivity index is 1.92. The van der Waals surface area contributed by atoms with Gasteiger partial charge < -0.3 is 10.5 Å². The summed E-state index contributed by atoms with van der Waals surface area (Å²) in [5, 5.41) is 0. The van der Waals surface area contributed by atoms with Gasteiger partial charge in [0.2, 0.25) is 0 Å². The Labute approximate surface area is 112 Å². The Morgan fingerprint density at radius 1 is 1.32 bits per heavy atom. The summed E-state index contributed by atoms with van der Waals surface area (Å²) in [6.07, 6.45) is 3.61. The van der Waals surface area contributed by atoms with Gasteiger partial charge in [0.05, 0.1) is 0 Å². The van der Waals surface area contributed by atoms with Crippen molar-refractivity contribution in [2.45, 2.75) is 13.5 Å². The molecule has 4 nitrogen and oxygen atoms in total. The van der Waals surface area contributed by atoms with Gasteiger partial charge in [0.15, 0.2) is 18.9 Å². The van der Waals surface area contributed by atoms with Crippen LogP contribution in [0.2, 0.25) is 0 Å². The predicted octanol–water partition coefficient (Wildman–Crippen LogP) is 1.46. The highest BCUT2D eigenvalue weighted by molar-refractivity contribution is 5.92. The van der Waals surface area contributed by atoms with Crippen LogP contribution >= 0.6 is 0 Å². The molecule has 2 rings (SSSR count). The lowest BCUT2D eigenvalue weighted by molar-refractivity contribution is -0.697. The molecule has 1 aromatic carbocycles. The van der Waals surface area contributed by atoms with Crippen LogP contribution in [0.15, 0.2) is 48.8 Å². The summed E-state index contributed by atoms with van der Waals surface area (Å²) in [5.74, 6) is 0.431. The van der Waals surface area contributed by atoms with Crippen LogP contribution in [0.4, 0.5) is 0 Å². The van der Waals surface area contributed by atoms with Gasteiger partial charge in [-0.1, -0.05) is 12.1 Å². The summed E-state index contributed by atoms with van der Waals surface area (Å²) in [7, 11) is 0. The van der Waals surface area contributed by atoms with E-state index in [1.807, 2.05) is 42.0 Å². The first-order valence-electron chi connectivity index (χ1n) is 6.13. The SMILES string of the molecule is Cc1cccc(OCC[n+]2cccc(C(N)=O)c2)c1. The number of aromatic nitrogens is 1. The van der Waals surface area contributed by atoms with E-state index in [2.05, 4.69) is 0 Å². The standard InChI is InChI=1S/C15H16N2O2/c1-12-4-2-6-14(10-12)19-9-8-17-7-3-5-13(11-17)15(16)18/h2-7,10-11H,8-9H2,1H3,(H-,16,18)/p+1. The quantitative estimate of drug-likeness (QED) is 0.824. The highest BCUT2D eigenvalue weighted by Gasteiger charge is 2.07. The minimum Gasteiger partial charge on any atom is -0.487 e. The maximum Gasteiger partial charge on any atom is 0.254 e. The van der Waals surface area contributed by atoms with E-state index in [0.717, 1.165) is 5.75 Å². The van der Waals surface area contributed by atoms with E-state index in [0.29, 0.717) is 18.7 Å². The minimum atomic E-state index is -0.422. The lowest BCUT2D eigenvalue weighted by atomic mass is 10.2. The van der Waals surface area contributed by atoms with Gasteiger partial charge in [-0.25, -0.2) is 4.57 Å². The van der Waals surface area contributed by atoms with Gasteiger partial charge in [-0.3, -0.25) is 4.79 Å². The Hall–Kier alpha value is -2.36. The molecule has 1 aromatic heterocycles. The van der Waals surface area contributed by atoms with E-state index in [-0.39, 0.29) is 0 Å². The van der Waals surface area contributed by atoms with Crippen LogP contribution in [-0.4, -0.2) is 12.5 Å². The Morgan fingerprint density at radius 2 is 2.16 bits per heavy atom. The summed E-state index contributed by atoms with van der Waals surface area (Å²) in [5.41, 5.74) is 6.90. The Bertz CT molecular complexity index is 582. The van der Waals surface area contributed by atoms with E-state index in [1.165, 1.54) is 5.56 Å². The fraction of sp³-hybridized carbons (Fsp3) is 0.200. The molecule has 0 aliphatic heterocycles. The molecule has 98 valence electrons. The average Bonchev–Trinajstić information content (AvgIpc) is 2.39. The molecule has 0 fully saturated rings. The van der Waals surface area contributed by atoms with Crippen LogP contribution < -0.4 is 15.0 Å². The first kappa shape index (κ1) is 13.1. The van der Waals surface area contributed by atoms with Gasteiger partial charge in [0.1, 0.15) is 17.9 Å². The fourth-order valence-electron chi connectivity index (χ4n) is 1.78. The zero-order valence-corrected chi connectivity index (χ0v) is 10.9. The number of nitrogens with two attached hydrogens (primary N) is 1. The third-order valence-corrected chi connectivity index (χ3v) is 2.75. The normalized spacial score (nSPS) is 10.2. The number of rotatable bonds is 5. The van der Waals surface area contributed by atoms with Gasteiger partial charge >= 0.3 is 0 Å². The predicted molar refractivity (Wildman–Crippen MR) is 71.8 cm³/mol. The van der Waals surface area contributed by atoms with Crippen LogP contribution in [0.5, 0.6) is 5.75 Å². The number of carbonyl (C=O) groups excluding carboxylic acids is 1. The molecule has 2 N–H and O–H groups in total. The second kappa shape index (κ2) is 6.00. The monoisotopic (exact) mass is 257 g/mol. The molecule has 2 aromatic rings. The number of ether oxygens (including phenoxy) is 1. The highest BCUT2D eigenvalue weighted by Crippen LogP contribution is 2.11. The summed E-state index contributed by atoms with van der Waals surface area (Å²) >= 11 is 0. The molecule has 0 bridgehead atoms. The number of nitrogens with zero attached hydrogens (tertiary/aromatic N) is 1. The first-order chi connectivity index (χ1) is 9.15. The molecule has 0 aliphatic carbocycles. The van der Waals surface area contributed by atoms with Crippen molar-refractivity contribution in [1.82, 2.24) is 0 Å². The van der Waals surface area contributed by atoms with Gasteiger partial charge in [0, 0.05) is 6.07 Å². The molecule has 19 heavy (non-hydrogen) atoms. The van der Waals surface area contributed by atoms with Crippen molar-refractivity contribution in [2.24, 2.45) is 5.73 Å². The van der Waals surface area contributed by atoms with Gasteiger partial charge in [-0.2, -0.15) is 0 Å². The molecular formula is C15H17N2O2+. The molecular weight excluding hydrogens is 240 g/mol. The van der Waals surface area contributed by atoms with Crippen molar-refractivity contribution >= 4 is 5.91 Å². The van der Waals surface area contributed by atoms with Crippen molar-refractivity contribution in [3.63, 3.8) is 0 Å². The van der Waals surface area contributed by atoms with E-state index in [1.54, 1.807) is 18.3 Å². The fourth-order valence-corrected chi connectivity index (χ4v) is 1.78. The number of hydrogen-bond acceptors (Lipinski definition) is 2. The van der Waals surface area contributed by atoms with E-state index < -0.39 is 5.91 Å². The van der Waals surface area contributed by atoms with Gasteiger partial charge in [-0.05, 0) is 30.7 Å². The molecule has 4 heteroatoms. The topological polar surface area (TPSA) is 56.2 Å². The maximum absolute atomic E-state index is 11.1. The van der Waals surface area contributed by atoms with Gasteiger partial charge in [-0.15, -0.1) is 0 Å². The van der Waals surface area contributed by atoms with Crippen LogP contribution in [0.1, 0.15) is 15.9 Å². The zero-order valence-electron chi connectivity index (χ0n) is 10.9. The number of carbonyl (C=O) groups is 1. The Kier molecular flexibility index (Phi) is 4.13. The van der Waals surface area contributed by atoms with Gasteiger partial charge in [0.25, 0.3) is 5.91 Å². The molecule has 0 aliphatic rings. The lowest BCUT2D eigenvalue weighted by Gasteiger charge is -2.05. The van der Waals surface area contributed by atoms with Crippen molar-refractivity contribution in [2.75, 3.05) is 6.61 Å². The molecule has 1 heterocycles. The van der Waals surface area contributed by atoms with E-state index >= 15 is 0 Å². The summed E-state index contributed by atoms with van der Waals surface area (Å²) in [6, 6.07) is 11.4. The second-order valence-electron chi connectivity index (χ2n) is 4.36. The molecule has 0 spiro atoms. The highest BCUT2D eigenvalue weighted by atomic mass is 16.5. The van der Waals surface area contributed by atoms with Crippen LogP contribution in [0, 0.1) is 6.92 Å². The molecule has 0 saturated carbocycles. The van der Waals surface area contributed by atoms with Crippen molar-refractivity contribution in [1.29, 1.82) is 0 Å². The first-order valence-corrected chi connectivity index (χ1v) is 6.13. The van der Waals surface area contributed by atoms with Crippen molar-refractivity contribution in [3.8, 4) is 5.75 Å². The average molecular weight is 257 g/mol. The number of amides is 1. The number of hydrogen-bond donors (Lipinski definition) is 1. The molecule has 1 amide bonds. The van der Waals surface area contributed by atoms with Crippen molar-refractivity contribution in [3.05, 3.63) is 59.9 Å². The second-order valence-corrected chi connectivity index (χ2v) is 4.36. The minimum absolute atomic E-state index is 0.422. The molecule has 0 unspecified atom stereocenters. The van der Waals surface area contributed by atoms with Crippen LogP contribution in [0.3, 0.4) is 0 Å². The lowest BCUT2D eigenvalue weighted by Crippen LogP contribution is -2.37. The zero-order chi connectivity index (χ0) is 13.7. The Morgan fingerprint density at radius 3 is 2.89 bits per heavy atom. The smallest absolute Gasteiger partial charge is 0.254 e. The third kappa shape index (κ3) is 3.81. The number of aryl methyl sites for hydroxylation is 1. The molecule has 0 atom stereocenters. The summed E-state index contributed by atoms with van der Waals surface area (Å²) < 4.78 is 7.54. The van der Waals surface area contributed by atoms with Crippen LogP contribution in [-0.2, 0) is 6.54 Å². The molecule has 0 saturated heterocycles. The third-order valence-electron chi connectivity index (χ3n) is 2.75.